The third kappa shape index (κ3) is 2.51. The molecule has 5 nitrogen and oxygen atoms in total. The van der Waals surface area contributed by atoms with Gasteiger partial charge in [-0.05, 0) is 17.6 Å². The van der Waals surface area contributed by atoms with Gasteiger partial charge in [0, 0.05) is 0 Å². The summed E-state index contributed by atoms with van der Waals surface area (Å²) < 4.78 is 14.9. The first-order chi connectivity index (χ1) is 8.72. The van der Waals surface area contributed by atoms with E-state index in [0.717, 1.165) is 5.56 Å². The topological polar surface area (TPSA) is 61.6 Å². The van der Waals surface area contributed by atoms with E-state index in [-0.39, 0.29) is 5.76 Å². The van der Waals surface area contributed by atoms with Crippen LogP contribution in [0.25, 0.3) is 0 Å². The third-order valence-corrected chi connectivity index (χ3v) is 2.47. The number of benzene rings is 1. The number of rotatable bonds is 4. The van der Waals surface area contributed by atoms with E-state index < -0.39 is 5.97 Å². The van der Waals surface area contributed by atoms with Gasteiger partial charge in [0.15, 0.2) is 0 Å². The largest absolute Gasteiger partial charge is 0.470 e. The number of methoxy groups -OCH3 is 1. The van der Waals surface area contributed by atoms with Crippen molar-refractivity contribution in [1.82, 2.24) is 5.16 Å². The van der Waals surface area contributed by atoms with Gasteiger partial charge in [-0.1, -0.05) is 30.3 Å². The highest BCUT2D eigenvalue weighted by molar-refractivity contribution is 5.88. The van der Waals surface area contributed by atoms with Crippen LogP contribution in [0.3, 0.4) is 0 Å². The van der Waals surface area contributed by atoms with Crippen LogP contribution in [0.15, 0.2) is 34.9 Å². The van der Waals surface area contributed by atoms with Gasteiger partial charge in [-0.25, -0.2) is 4.79 Å². The molecule has 0 radical (unpaired) electrons. The zero-order valence-corrected chi connectivity index (χ0v) is 10.2. The van der Waals surface area contributed by atoms with Crippen molar-refractivity contribution < 1.29 is 18.8 Å². The maximum absolute atomic E-state index is 11.3. The number of carbonyl (C=O) groups is 1. The minimum atomic E-state index is -0.561. The second-order valence-corrected chi connectivity index (χ2v) is 3.71. The first-order valence-electron chi connectivity index (χ1n) is 5.43. The van der Waals surface area contributed by atoms with E-state index in [0.29, 0.717) is 18.1 Å². The molecular weight excluding hydrogens is 234 g/mol. The molecule has 94 valence electrons. The predicted octanol–water partition coefficient (Wildman–Crippen LogP) is 2.35. The highest BCUT2D eigenvalue weighted by atomic mass is 16.6. The quantitative estimate of drug-likeness (QED) is 0.776. The molecule has 2 rings (SSSR count). The number of aromatic nitrogens is 1. The molecule has 1 heterocycles. The number of hydrogen-bond donors (Lipinski definition) is 0. The summed E-state index contributed by atoms with van der Waals surface area (Å²) in [6, 6.07) is 9.66. The fourth-order valence-electron chi connectivity index (χ4n) is 1.46. The summed E-state index contributed by atoms with van der Waals surface area (Å²) in [5.41, 5.74) is 1.55. The van der Waals surface area contributed by atoms with Crippen LogP contribution in [-0.4, -0.2) is 18.2 Å². The number of ether oxygens (including phenoxy) is 2. The molecule has 0 fully saturated rings. The van der Waals surface area contributed by atoms with Gasteiger partial charge in [-0.2, -0.15) is 0 Å². The molecule has 0 N–H and O–H groups in total. The van der Waals surface area contributed by atoms with Crippen molar-refractivity contribution in [2.24, 2.45) is 0 Å². The Balaban J connectivity index is 2.07. The SMILES string of the molecule is COC(=O)c1onc(OCc2ccccc2)c1C. The fraction of sp³-hybridized carbons (Fsp3) is 0.231. The number of hydrogen-bond acceptors (Lipinski definition) is 5. The van der Waals surface area contributed by atoms with Crippen LogP contribution in [0.1, 0.15) is 21.7 Å². The zero-order chi connectivity index (χ0) is 13.0. The van der Waals surface area contributed by atoms with Gasteiger partial charge in [0.05, 0.1) is 12.7 Å². The van der Waals surface area contributed by atoms with E-state index in [1.54, 1.807) is 6.92 Å². The van der Waals surface area contributed by atoms with Crippen molar-refractivity contribution in [2.75, 3.05) is 7.11 Å². The Morgan fingerprint density at radius 1 is 1.33 bits per heavy atom. The van der Waals surface area contributed by atoms with Crippen LogP contribution in [0.4, 0.5) is 0 Å². The van der Waals surface area contributed by atoms with Crippen LogP contribution in [0.5, 0.6) is 5.88 Å². The lowest BCUT2D eigenvalue weighted by Gasteiger charge is -2.02. The Bertz CT molecular complexity index is 533. The number of carbonyl (C=O) groups excluding carboxylic acids is 1. The minimum Gasteiger partial charge on any atom is -0.470 e. The average Bonchev–Trinajstić information content (AvgIpc) is 2.78. The normalized spacial score (nSPS) is 10.1. The number of nitrogens with zero attached hydrogens (tertiary/aromatic N) is 1. The van der Waals surface area contributed by atoms with Crippen molar-refractivity contribution in [3.05, 3.63) is 47.2 Å². The molecule has 1 aromatic heterocycles. The van der Waals surface area contributed by atoms with Crippen molar-refractivity contribution >= 4 is 5.97 Å². The monoisotopic (exact) mass is 247 g/mol. The first-order valence-corrected chi connectivity index (χ1v) is 5.43. The van der Waals surface area contributed by atoms with Crippen molar-refractivity contribution in [3.63, 3.8) is 0 Å². The van der Waals surface area contributed by atoms with E-state index >= 15 is 0 Å². The highest BCUT2D eigenvalue weighted by Crippen LogP contribution is 2.21. The lowest BCUT2D eigenvalue weighted by molar-refractivity contribution is 0.0553. The Morgan fingerprint density at radius 2 is 2.06 bits per heavy atom. The molecule has 0 aliphatic rings. The average molecular weight is 247 g/mol. The molecule has 2 aromatic rings. The standard InChI is InChI=1S/C13H13NO4/c1-9-11(13(15)16-2)18-14-12(9)17-8-10-6-4-3-5-7-10/h3-7H,8H2,1-2H3. The highest BCUT2D eigenvalue weighted by Gasteiger charge is 2.20. The maximum atomic E-state index is 11.3. The van der Waals surface area contributed by atoms with Gasteiger partial charge in [0.1, 0.15) is 6.61 Å². The molecule has 0 saturated heterocycles. The zero-order valence-electron chi connectivity index (χ0n) is 10.2. The number of esters is 1. The maximum Gasteiger partial charge on any atom is 0.377 e. The van der Waals surface area contributed by atoms with Gasteiger partial charge >= 0.3 is 5.97 Å². The van der Waals surface area contributed by atoms with Crippen LogP contribution >= 0.6 is 0 Å². The van der Waals surface area contributed by atoms with Gasteiger partial charge < -0.3 is 14.0 Å². The molecule has 0 bridgehead atoms. The van der Waals surface area contributed by atoms with Crippen molar-refractivity contribution in [1.29, 1.82) is 0 Å². The molecule has 0 aliphatic heterocycles. The Morgan fingerprint density at radius 3 is 2.72 bits per heavy atom. The Labute approximate surface area is 104 Å². The molecular formula is C13H13NO4. The first kappa shape index (κ1) is 12.2. The molecule has 0 spiro atoms. The predicted molar refractivity (Wildman–Crippen MR) is 63.4 cm³/mol. The summed E-state index contributed by atoms with van der Waals surface area (Å²) in [6.07, 6.45) is 0. The summed E-state index contributed by atoms with van der Waals surface area (Å²) in [6.45, 7) is 2.07. The van der Waals surface area contributed by atoms with Gasteiger partial charge in [-0.3, -0.25) is 0 Å². The van der Waals surface area contributed by atoms with E-state index in [1.807, 2.05) is 30.3 Å². The molecule has 18 heavy (non-hydrogen) atoms. The molecule has 5 heteroatoms. The third-order valence-electron chi connectivity index (χ3n) is 2.47. The summed E-state index contributed by atoms with van der Waals surface area (Å²) in [5, 5.41) is 3.70. The summed E-state index contributed by atoms with van der Waals surface area (Å²) in [7, 11) is 1.29. The van der Waals surface area contributed by atoms with Gasteiger partial charge in [0.25, 0.3) is 11.6 Å². The van der Waals surface area contributed by atoms with Gasteiger partial charge in [-0.15, -0.1) is 0 Å². The van der Waals surface area contributed by atoms with E-state index in [2.05, 4.69) is 9.89 Å². The minimum absolute atomic E-state index is 0.0700. The van der Waals surface area contributed by atoms with E-state index in [1.165, 1.54) is 7.11 Å². The second kappa shape index (κ2) is 5.35. The fourth-order valence-corrected chi connectivity index (χ4v) is 1.46. The summed E-state index contributed by atoms with van der Waals surface area (Å²) in [4.78, 5) is 11.3. The van der Waals surface area contributed by atoms with E-state index in [9.17, 15) is 4.79 Å². The molecule has 0 atom stereocenters. The Hall–Kier alpha value is -2.30. The lowest BCUT2D eigenvalue weighted by Crippen LogP contribution is -2.02. The molecule has 0 aliphatic carbocycles. The molecule has 0 unspecified atom stereocenters. The van der Waals surface area contributed by atoms with Crippen molar-refractivity contribution in [2.45, 2.75) is 13.5 Å². The second-order valence-electron chi connectivity index (χ2n) is 3.71. The lowest BCUT2D eigenvalue weighted by atomic mass is 10.2. The van der Waals surface area contributed by atoms with Crippen LogP contribution in [0, 0.1) is 6.92 Å². The summed E-state index contributed by atoms with van der Waals surface area (Å²) in [5.74, 6) is -0.186. The van der Waals surface area contributed by atoms with Gasteiger partial charge in [0.2, 0.25) is 0 Å². The van der Waals surface area contributed by atoms with E-state index in [4.69, 9.17) is 9.26 Å². The Kier molecular flexibility index (Phi) is 3.62. The molecule has 0 saturated carbocycles. The summed E-state index contributed by atoms with van der Waals surface area (Å²) >= 11 is 0. The van der Waals surface area contributed by atoms with Crippen LogP contribution in [0.2, 0.25) is 0 Å². The molecule has 0 amide bonds. The molecule has 1 aromatic carbocycles. The van der Waals surface area contributed by atoms with Crippen LogP contribution < -0.4 is 4.74 Å². The van der Waals surface area contributed by atoms with Crippen molar-refractivity contribution in [3.8, 4) is 5.88 Å². The van der Waals surface area contributed by atoms with Crippen LogP contribution in [-0.2, 0) is 11.3 Å². The smallest absolute Gasteiger partial charge is 0.377 e.